The third-order valence-electron chi connectivity index (χ3n) is 8.21. The van der Waals surface area contributed by atoms with E-state index in [1.807, 2.05) is 26.8 Å². The fraction of sp³-hybridized carbons (Fsp3) is 0.114. The molecule has 3 heteroatoms. The fourth-order valence-corrected chi connectivity index (χ4v) is 6.15. The number of para-hydroxylation sites is 2. The lowest BCUT2D eigenvalue weighted by Crippen LogP contribution is -2.31. The van der Waals surface area contributed by atoms with Gasteiger partial charge in [-0.25, -0.2) is 8.96 Å². The zero-order valence-corrected chi connectivity index (χ0v) is 22.0. The minimum Gasteiger partial charge on any atom is -0.309 e. The lowest BCUT2D eigenvalue weighted by Gasteiger charge is -2.14. The SMILES string of the molecule is Cc1cc(-c2c3ccc4cc(-n5c6ccccc6c6ccccc65)ccc4c3cc[n+]2C)c(C)c(C)c1F. The van der Waals surface area contributed by atoms with Gasteiger partial charge in [0.2, 0.25) is 5.69 Å². The molecular formula is C35H28FN2+. The lowest BCUT2D eigenvalue weighted by molar-refractivity contribution is -0.659. The van der Waals surface area contributed by atoms with Crippen LogP contribution in [-0.4, -0.2) is 4.57 Å². The van der Waals surface area contributed by atoms with Gasteiger partial charge in [0.15, 0.2) is 6.20 Å². The van der Waals surface area contributed by atoms with Crippen LogP contribution in [0, 0.1) is 26.6 Å². The minimum atomic E-state index is -0.114. The van der Waals surface area contributed by atoms with Crippen LogP contribution in [0.1, 0.15) is 16.7 Å². The first kappa shape index (κ1) is 22.7. The molecule has 2 aromatic heterocycles. The summed E-state index contributed by atoms with van der Waals surface area (Å²) in [6.45, 7) is 5.74. The number of halogens is 1. The van der Waals surface area contributed by atoms with Crippen LogP contribution >= 0.6 is 0 Å². The molecular weight excluding hydrogens is 467 g/mol. The van der Waals surface area contributed by atoms with E-state index in [-0.39, 0.29) is 5.82 Å². The molecule has 7 aromatic rings. The first-order valence-corrected chi connectivity index (χ1v) is 13.0. The summed E-state index contributed by atoms with van der Waals surface area (Å²) in [7, 11) is 2.07. The second-order valence-electron chi connectivity index (χ2n) is 10.4. The van der Waals surface area contributed by atoms with Gasteiger partial charge in [-0.3, -0.25) is 0 Å². The van der Waals surface area contributed by atoms with E-state index in [1.54, 1.807) is 0 Å². The van der Waals surface area contributed by atoms with Gasteiger partial charge < -0.3 is 4.57 Å². The highest BCUT2D eigenvalue weighted by Crippen LogP contribution is 2.37. The van der Waals surface area contributed by atoms with Crippen molar-refractivity contribution in [1.82, 2.24) is 4.57 Å². The van der Waals surface area contributed by atoms with Crippen molar-refractivity contribution in [3.63, 3.8) is 0 Å². The van der Waals surface area contributed by atoms with Gasteiger partial charge >= 0.3 is 0 Å². The normalized spacial score (nSPS) is 11.8. The van der Waals surface area contributed by atoms with Gasteiger partial charge in [0.05, 0.1) is 22.0 Å². The molecule has 0 bridgehead atoms. The van der Waals surface area contributed by atoms with E-state index >= 15 is 0 Å². The number of benzene rings is 5. The van der Waals surface area contributed by atoms with E-state index in [0.29, 0.717) is 11.1 Å². The highest BCUT2D eigenvalue weighted by molar-refractivity contribution is 6.12. The maximum Gasteiger partial charge on any atom is 0.220 e. The highest BCUT2D eigenvalue weighted by Gasteiger charge is 2.21. The van der Waals surface area contributed by atoms with Crippen molar-refractivity contribution in [2.75, 3.05) is 0 Å². The van der Waals surface area contributed by atoms with E-state index in [9.17, 15) is 4.39 Å². The average Bonchev–Trinajstić information content (AvgIpc) is 3.28. The molecule has 0 saturated carbocycles. The molecule has 0 aliphatic heterocycles. The number of hydrogen-bond acceptors (Lipinski definition) is 0. The van der Waals surface area contributed by atoms with Crippen LogP contribution in [0.15, 0.2) is 97.2 Å². The molecule has 0 N–H and O–H groups in total. The average molecular weight is 496 g/mol. The van der Waals surface area contributed by atoms with Gasteiger partial charge in [-0.2, -0.15) is 0 Å². The number of nitrogens with zero attached hydrogens (tertiary/aromatic N) is 2. The minimum absolute atomic E-state index is 0.114. The van der Waals surface area contributed by atoms with Gasteiger partial charge in [0, 0.05) is 27.9 Å². The summed E-state index contributed by atoms with van der Waals surface area (Å²) < 4.78 is 19.2. The summed E-state index contributed by atoms with van der Waals surface area (Å²) in [6.07, 6.45) is 2.12. The second-order valence-corrected chi connectivity index (χ2v) is 10.4. The third kappa shape index (κ3) is 3.15. The zero-order valence-electron chi connectivity index (χ0n) is 22.0. The molecule has 5 aromatic carbocycles. The van der Waals surface area contributed by atoms with Crippen molar-refractivity contribution in [3.8, 4) is 16.9 Å². The van der Waals surface area contributed by atoms with Crippen molar-refractivity contribution in [2.45, 2.75) is 20.8 Å². The molecule has 0 aliphatic rings. The van der Waals surface area contributed by atoms with E-state index in [2.05, 4.69) is 107 Å². The first-order chi connectivity index (χ1) is 18.4. The van der Waals surface area contributed by atoms with Gasteiger partial charge in [0.1, 0.15) is 12.9 Å². The Morgan fingerprint density at radius 3 is 2.00 bits per heavy atom. The summed E-state index contributed by atoms with van der Waals surface area (Å²) in [4.78, 5) is 0. The smallest absolute Gasteiger partial charge is 0.220 e. The van der Waals surface area contributed by atoms with E-state index in [1.165, 1.54) is 43.4 Å². The van der Waals surface area contributed by atoms with Crippen molar-refractivity contribution in [2.24, 2.45) is 7.05 Å². The highest BCUT2D eigenvalue weighted by atomic mass is 19.1. The van der Waals surface area contributed by atoms with Crippen molar-refractivity contribution >= 4 is 43.4 Å². The molecule has 0 unspecified atom stereocenters. The summed E-state index contributed by atoms with van der Waals surface area (Å²) in [5.41, 5.74) is 8.14. The molecule has 0 atom stereocenters. The second kappa shape index (κ2) is 8.26. The molecule has 0 spiro atoms. The molecule has 0 aliphatic carbocycles. The molecule has 0 amide bonds. The Bertz CT molecular complexity index is 2030. The third-order valence-corrected chi connectivity index (χ3v) is 8.21. The topological polar surface area (TPSA) is 8.81 Å². The van der Waals surface area contributed by atoms with Crippen molar-refractivity contribution in [1.29, 1.82) is 0 Å². The molecule has 38 heavy (non-hydrogen) atoms. The van der Waals surface area contributed by atoms with Crippen LogP contribution in [0.25, 0.3) is 60.3 Å². The Labute approximate surface area is 221 Å². The molecule has 7 rings (SSSR count). The molecule has 2 heterocycles. The molecule has 184 valence electrons. The van der Waals surface area contributed by atoms with E-state index in [0.717, 1.165) is 22.5 Å². The molecule has 0 radical (unpaired) electrons. The van der Waals surface area contributed by atoms with Gasteiger partial charge in [0.25, 0.3) is 0 Å². The Hall–Kier alpha value is -4.50. The van der Waals surface area contributed by atoms with Crippen LogP contribution in [-0.2, 0) is 7.05 Å². The van der Waals surface area contributed by atoms with E-state index in [4.69, 9.17) is 0 Å². The quantitative estimate of drug-likeness (QED) is 0.168. The van der Waals surface area contributed by atoms with Crippen molar-refractivity contribution < 1.29 is 8.96 Å². The van der Waals surface area contributed by atoms with Gasteiger partial charge in [-0.15, -0.1) is 0 Å². The maximum atomic E-state index is 14.7. The van der Waals surface area contributed by atoms with Gasteiger partial charge in [-0.1, -0.05) is 48.5 Å². The number of fused-ring (bicyclic) bond motifs is 6. The Balaban J connectivity index is 1.49. The summed E-state index contributed by atoms with van der Waals surface area (Å²) in [5.74, 6) is -0.114. The van der Waals surface area contributed by atoms with Gasteiger partial charge in [-0.05, 0) is 84.6 Å². The number of aromatic nitrogens is 2. The van der Waals surface area contributed by atoms with Crippen LogP contribution in [0.4, 0.5) is 4.39 Å². The van der Waals surface area contributed by atoms with Crippen LogP contribution in [0.3, 0.4) is 0 Å². The van der Waals surface area contributed by atoms with Crippen LogP contribution in [0.5, 0.6) is 0 Å². The maximum absolute atomic E-state index is 14.7. The Morgan fingerprint density at radius 1 is 0.632 bits per heavy atom. The Morgan fingerprint density at radius 2 is 1.29 bits per heavy atom. The predicted octanol–water partition coefficient (Wildman–Crippen LogP) is 8.65. The summed E-state index contributed by atoms with van der Waals surface area (Å²) in [6, 6.07) is 32.6. The van der Waals surface area contributed by atoms with Crippen LogP contribution < -0.4 is 4.57 Å². The molecule has 2 nitrogen and oxygen atoms in total. The largest absolute Gasteiger partial charge is 0.309 e. The van der Waals surface area contributed by atoms with Crippen molar-refractivity contribution in [3.05, 3.63) is 120 Å². The predicted molar refractivity (Wildman–Crippen MR) is 157 cm³/mol. The lowest BCUT2D eigenvalue weighted by atomic mass is 9.92. The van der Waals surface area contributed by atoms with Crippen LogP contribution in [0.2, 0.25) is 0 Å². The monoisotopic (exact) mass is 495 g/mol. The number of aryl methyl sites for hydroxylation is 2. The zero-order chi connectivity index (χ0) is 26.1. The number of hydrogen-bond donors (Lipinski definition) is 0. The Kier molecular flexibility index (Phi) is 4.93. The standard InChI is InChI=1S/C35H28FN2/c1-21-19-31(22(2)23(3)34(21)36)35-30-15-13-24-20-25(14-16-26(24)27(30)17-18-37(35)4)38-32-11-7-5-9-28(32)29-10-6-8-12-33(29)38/h5-20H,1-4H3/q+1. The first-order valence-electron chi connectivity index (χ1n) is 13.0. The van der Waals surface area contributed by atoms with E-state index < -0.39 is 0 Å². The summed E-state index contributed by atoms with van der Waals surface area (Å²) >= 11 is 0. The summed E-state index contributed by atoms with van der Waals surface area (Å²) in [5, 5.41) is 7.30. The number of pyridine rings is 1. The molecule has 0 fully saturated rings. The molecule has 0 saturated heterocycles. The fourth-order valence-electron chi connectivity index (χ4n) is 6.15. The number of rotatable bonds is 2.